The van der Waals surface area contributed by atoms with Crippen LogP contribution >= 0.6 is 0 Å². The third kappa shape index (κ3) is 9.71. The first-order chi connectivity index (χ1) is 14.6. The van der Waals surface area contributed by atoms with Crippen LogP contribution in [0.4, 0.5) is 0 Å². The van der Waals surface area contributed by atoms with Crippen LogP contribution in [0.15, 0.2) is 48.5 Å². The van der Waals surface area contributed by atoms with E-state index in [1.807, 2.05) is 0 Å². The van der Waals surface area contributed by atoms with Gasteiger partial charge in [0.2, 0.25) is 0 Å². The first-order valence-corrected chi connectivity index (χ1v) is 17.5. The van der Waals surface area contributed by atoms with Gasteiger partial charge < -0.3 is 18.3 Å². The summed E-state index contributed by atoms with van der Waals surface area (Å²) in [6.07, 6.45) is 1.91. The van der Waals surface area contributed by atoms with Crippen molar-refractivity contribution >= 4 is 22.6 Å². The minimum atomic E-state index is -1.64. The minimum Gasteiger partial charge on any atom is -0.494 e. The van der Waals surface area contributed by atoms with E-state index in [0.29, 0.717) is 24.5 Å². The smallest absolute Gasteiger partial charge is 0.343 e. The molecule has 0 N–H and O–H groups in total. The maximum Gasteiger partial charge on any atom is 0.343 e. The van der Waals surface area contributed by atoms with Gasteiger partial charge in [-0.25, -0.2) is 4.79 Å². The van der Waals surface area contributed by atoms with E-state index in [1.165, 1.54) is 0 Å². The van der Waals surface area contributed by atoms with Gasteiger partial charge in [-0.2, -0.15) is 0 Å². The first-order valence-electron chi connectivity index (χ1n) is 11.0. The molecule has 0 fully saturated rings. The number of carbonyl (C=O) groups is 1. The highest BCUT2D eigenvalue weighted by Gasteiger charge is 2.28. The Morgan fingerprint density at radius 2 is 1.29 bits per heavy atom. The lowest BCUT2D eigenvalue weighted by Crippen LogP contribution is -2.42. The molecule has 0 aliphatic heterocycles. The molecule has 31 heavy (non-hydrogen) atoms. The van der Waals surface area contributed by atoms with Crippen molar-refractivity contribution in [3.05, 3.63) is 54.1 Å². The molecule has 0 heterocycles. The first kappa shape index (κ1) is 25.2. The van der Waals surface area contributed by atoms with Crippen molar-refractivity contribution < 1.29 is 23.1 Å². The fraction of sp³-hybridized carbons (Fsp3) is 0.458. The van der Waals surface area contributed by atoms with E-state index in [1.54, 1.807) is 48.5 Å². The molecular formula is C24H36O5Si2. The van der Waals surface area contributed by atoms with Crippen molar-refractivity contribution in [2.24, 2.45) is 0 Å². The molecule has 7 heteroatoms. The predicted molar refractivity (Wildman–Crippen MR) is 130 cm³/mol. The molecule has 0 aliphatic rings. The zero-order valence-electron chi connectivity index (χ0n) is 19.7. The molecule has 0 saturated heterocycles. The number of ether oxygens (including phenoxy) is 3. The van der Waals surface area contributed by atoms with Gasteiger partial charge in [0.1, 0.15) is 17.2 Å². The highest BCUT2D eigenvalue weighted by Crippen LogP contribution is 2.22. The summed E-state index contributed by atoms with van der Waals surface area (Å²) in [4.78, 5) is 12.4. The average Bonchev–Trinajstić information content (AvgIpc) is 2.69. The van der Waals surface area contributed by atoms with Crippen LogP contribution in [0.3, 0.4) is 0 Å². The van der Waals surface area contributed by atoms with Gasteiger partial charge in [0.25, 0.3) is 0 Å². The van der Waals surface area contributed by atoms with Gasteiger partial charge in [0.05, 0.1) is 18.8 Å². The zero-order chi connectivity index (χ0) is 22.9. The molecular weight excluding hydrogens is 424 g/mol. The largest absolute Gasteiger partial charge is 0.494 e. The van der Waals surface area contributed by atoms with Gasteiger partial charge in [-0.05, 0) is 100 Å². The predicted octanol–water partition coefficient (Wildman–Crippen LogP) is 6.52. The second kappa shape index (κ2) is 11.5. The molecule has 0 unspecified atom stereocenters. The Labute approximate surface area is 188 Å². The summed E-state index contributed by atoms with van der Waals surface area (Å²) in [6.45, 7) is 14.6. The summed E-state index contributed by atoms with van der Waals surface area (Å²) in [5.74, 6) is 1.60. The molecule has 0 aromatic heterocycles. The molecule has 0 atom stereocenters. The molecule has 2 aromatic rings. The summed E-state index contributed by atoms with van der Waals surface area (Å²) in [5.41, 5.74) is 0.482. The van der Waals surface area contributed by atoms with Crippen LogP contribution in [0, 0.1) is 0 Å². The van der Waals surface area contributed by atoms with Crippen molar-refractivity contribution in [3.63, 3.8) is 0 Å². The highest BCUT2D eigenvalue weighted by atomic mass is 28.4. The summed E-state index contributed by atoms with van der Waals surface area (Å²) < 4.78 is 23.2. The van der Waals surface area contributed by atoms with Crippen molar-refractivity contribution in [2.45, 2.75) is 58.5 Å². The minimum absolute atomic E-state index is 0.398. The second-order valence-corrected chi connectivity index (χ2v) is 18.2. The monoisotopic (exact) mass is 460 g/mol. The van der Waals surface area contributed by atoms with E-state index in [9.17, 15) is 4.79 Å². The molecule has 2 rings (SSSR count). The topological polar surface area (TPSA) is 54.0 Å². The highest BCUT2D eigenvalue weighted by molar-refractivity contribution is 6.84. The molecule has 5 nitrogen and oxygen atoms in total. The molecule has 0 bridgehead atoms. The van der Waals surface area contributed by atoms with E-state index in [0.717, 1.165) is 30.4 Å². The molecule has 2 aromatic carbocycles. The normalized spacial score (nSPS) is 11.8. The maximum atomic E-state index is 12.4. The number of hydrogen-bond donors (Lipinski definition) is 0. The van der Waals surface area contributed by atoms with E-state index in [4.69, 9.17) is 18.3 Å². The standard InChI is InChI=1S/C24H36O5Si2/c1-7-17-26-22-13-15-23(16-14-22)28-24(25)20-9-11-21(12-10-20)27-18-8-19-31(5,6)29-30(2,3)4/h9-16H,7-8,17-19H2,1-6H3. The Hall–Kier alpha value is -2.10. The number of carbonyl (C=O) groups excluding carboxylic acids is 1. The lowest BCUT2D eigenvalue weighted by Gasteiger charge is -2.31. The van der Waals surface area contributed by atoms with E-state index in [2.05, 4.69) is 39.7 Å². The SMILES string of the molecule is CCCOc1ccc(OC(=O)c2ccc(OCCC[Si](C)(C)O[Si](C)(C)C)cc2)cc1. The molecule has 0 spiro atoms. The maximum absolute atomic E-state index is 12.4. The average molecular weight is 461 g/mol. The molecule has 0 radical (unpaired) electrons. The number of benzene rings is 2. The van der Waals surface area contributed by atoms with E-state index in [-0.39, 0.29) is 0 Å². The number of esters is 1. The molecule has 0 aliphatic carbocycles. The quantitative estimate of drug-likeness (QED) is 0.156. The Morgan fingerprint density at radius 3 is 1.84 bits per heavy atom. The second-order valence-electron chi connectivity index (χ2n) is 9.16. The molecule has 170 valence electrons. The van der Waals surface area contributed by atoms with Crippen LogP contribution < -0.4 is 14.2 Å². The summed E-state index contributed by atoms with van der Waals surface area (Å²) in [6, 6.07) is 15.2. The van der Waals surface area contributed by atoms with Crippen LogP contribution in [-0.4, -0.2) is 35.8 Å². The lowest BCUT2D eigenvalue weighted by molar-refractivity contribution is 0.0734. The summed E-state index contributed by atoms with van der Waals surface area (Å²) in [5, 5.41) is 0. The van der Waals surface area contributed by atoms with Gasteiger partial charge >= 0.3 is 5.97 Å². The number of hydrogen-bond acceptors (Lipinski definition) is 5. The fourth-order valence-corrected chi connectivity index (χ4v) is 11.3. The third-order valence-corrected chi connectivity index (χ3v) is 10.6. The zero-order valence-corrected chi connectivity index (χ0v) is 21.7. The van der Waals surface area contributed by atoms with E-state index < -0.39 is 22.6 Å². The van der Waals surface area contributed by atoms with Crippen molar-refractivity contribution in [2.75, 3.05) is 13.2 Å². The van der Waals surface area contributed by atoms with Crippen molar-refractivity contribution in [1.29, 1.82) is 0 Å². The van der Waals surface area contributed by atoms with Crippen molar-refractivity contribution in [3.8, 4) is 17.2 Å². The Morgan fingerprint density at radius 1 is 0.774 bits per heavy atom. The fourth-order valence-electron chi connectivity index (χ4n) is 3.24. The van der Waals surface area contributed by atoms with E-state index >= 15 is 0 Å². The van der Waals surface area contributed by atoms with Gasteiger partial charge in [-0.15, -0.1) is 0 Å². The van der Waals surface area contributed by atoms with Gasteiger partial charge in [0.15, 0.2) is 16.6 Å². The van der Waals surface area contributed by atoms with Crippen LogP contribution in [0.5, 0.6) is 17.2 Å². The molecule has 0 saturated carbocycles. The van der Waals surface area contributed by atoms with Crippen LogP contribution in [0.1, 0.15) is 30.1 Å². The third-order valence-electron chi connectivity index (χ3n) is 4.37. The molecule has 0 amide bonds. The van der Waals surface area contributed by atoms with Gasteiger partial charge in [-0.1, -0.05) is 6.92 Å². The Balaban J connectivity index is 1.78. The Kier molecular flexibility index (Phi) is 9.34. The van der Waals surface area contributed by atoms with Gasteiger partial charge in [0, 0.05) is 0 Å². The van der Waals surface area contributed by atoms with Crippen LogP contribution in [-0.2, 0) is 4.12 Å². The lowest BCUT2D eigenvalue weighted by atomic mass is 10.2. The summed E-state index contributed by atoms with van der Waals surface area (Å²) >= 11 is 0. The van der Waals surface area contributed by atoms with Crippen LogP contribution in [0.25, 0.3) is 0 Å². The van der Waals surface area contributed by atoms with Crippen molar-refractivity contribution in [1.82, 2.24) is 0 Å². The van der Waals surface area contributed by atoms with Crippen LogP contribution in [0.2, 0.25) is 38.8 Å². The number of rotatable bonds is 12. The van der Waals surface area contributed by atoms with Gasteiger partial charge in [-0.3, -0.25) is 0 Å². The Bertz CT molecular complexity index is 811. The summed E-state index contributed by atoms with van der Waals surface area (Å²) in [7, 11) is -3.14.